The summed E-state index contributed by atoms with van der Waals surface area (Å²) < 4.78 is 0. The highest BCUT2D eigenvalue weighted by Gasteiger charge is 2.62. The third-order valence-corrected chi connectivity index (χ3v) is 22.5. The summed E-state index contributed by atoms with van der Waals surface area (Å²) in [5.41, 5.74) is 35.9. The van der Waals surface area contributed by atoms with Crippen molar-refractivity contribution in [2.24, 2.45) is 38.9 Å². The number of allylic oxidation sites excluding steroid dienone is 18. The van der Waals surface area contributed by atoms with Gasteiger partial charge in [-0.05, 0) is 230 Å². The average molecular weight is 859 g/mol. The second kappa shape index (κ2) is 14.6. The molecule has 0 radical (unpaired) electrons. The Labute approximate surface area is 394 Å². The van der Waals surface area contributed by atoms with E-state index < -0.39 is 0 Å². The molecule has 64 heavy (non-hydrogen) atoms. The van der Waals surface area contributed by atoms with Crippen molar-refractivity contribution in [2.75, 3.05) is 0 Å². The maximum atomic E-state index is 4.89. The Morgan fingerprint density at radius 1 is 0.406 bits per heavy atom. The maximum Gasteiger partial charge on any atom is 0.00757 e. The molecule has 0 heterocycles. The van der Waals surface area contributed by atoms with Gasteiger partial charge < -0.3 is 0 Å². The highest BCUT2D eigenvalue weighted by Crippen LogP contribution is 2.70. The van der Waals surface area contributed by atoms with Crippen LogP contribution in [0, 0.1) is 45.8 Å². The summed E-state index contributed by atoms with van der Waals surface area (Å²) in [6.07, 6.45) is 2.03. The molecular weight excluding hydrogens is 769 g/mol. The zero-order valence-corrected chi connectivity index (χ0v) is 46.1. The van der Waals surface area contributed by atoms with E-state index in [1.54, 1.807) is 44.5 Å². The maximum absolute atomic E-state index is 4.89. The Bertz CT molecular complexity index is 2640. The van der Waals surface area contributed by atoms with Gasteiger partial charge in [0.15, 0.2) is 0 Å². The fourth-order valence-corrected chi connectivity index (χ4v) is 14.7. The van der Waals surface area contributed by atoms with Gasteiger partial charge in [-0.25, -0.2) is 0 Å². The van der Waals surface area contributed by atoms with Gasteiger partial charge in [0.2, 0.25) is 0 Å². The van der Waals surface area contributed by atoms with Crippen molar-refractivity contribution in [1.29, 1.82) is 0 Å². The van der Waals surface area contributed by atoms with Crippen LogP contribution in [0.5, 0.6) is 0 Å². The van der Waals surface area contributed by atoms with Gasteiger partial charge in [-0.2, -0.15) is 0 Å². The zero-order chi connectivity index (χ0) is 48.6. The van der Waals surface area contributed by atoms with Crippen LogP contribution in [0.15, 0.2) is 102 Å². The standard InChI is InChI=1S/C64H90/c1-31-29-46(34(4)32(31)2)52-39(9)41(11)55-53(40(10)42(12)54(52)55)48-30-47(35(5)36(48)6)49-43(13)51-45(15)50-37(7)33(3)38(8)56(50)58(57(51)44(49)14)60(19,20)62(23,24)64(27,28)63(25,26)61(21,22)59(16,17)18/h38-40,43H,11-12,29-30H2,1-10,13-28H3. The van der Waals surface area contributed by atoms with Crippen LogP contribution < -0.4 is 0 Å². The van der Waals surface area contributed by atoms with Crippen LogP contribution in [0.3, 0.4) is 0 Å². The van der Waals surface area contributed by atoms with Gasteiger partial charge in [-0.3, -0.25) is 0 Å². The van der Waals surface area contributed by atoms with E-state index in [1.807, 2.05) is 0 Å². The van der Waals surface area contributed by atoms with Gasteiger partial charge in [0.25, 0.3) is 0 Å². The predicted molar refractivity (Wildman–Crippen MR) is 283 cm³/mol. The summed E-state index contributed by atoms with van der Waals surface area (Å²) in [4.78, 5) is 0. The molecule has 0 N–H and O–H groups in total. The molecule has 1 aromatic rings. The first-order valence-electron chi connectivity index (χ1n) is 25.2. The van der Waals surface area contributed by atoms with E-state index in [2.05, 4.69) is 180 Å². The lowest BCUT2D eigenvalue weighted by Gasteiger charge is -2.66. The van der Waals surface area contributed by atoms with Crippen LogP contribution in [0.1, 0.15) is 231 Å². The minimum absolute atomic E-state index is 0.0126. The minimum atomic E-state index is -0.163. The van der Waals surface area contributed by atoms with E-state index in [1.165, 1.54) is 89.2 Å². The van der Waals surface area contributed by atoms with Crippen LogP contribution in [-0.4, -0.2) is 0 Å². The van der Waals surface area contributed by atoms with E-state index in [0.717, 1.165) is 12.8 Å². The number of benzene rings is 1. The molecule has 0 aromatic heterocycles. The highest BCUT2D eigenvalue weighted by molar-refractivity contribution is 5.92. The summed E-state index contributed by atoms with van der Waals surface area (Å²) in [5.74, 6) is 1.25. The summed E-state index contributed by atoms with van der Waals surface area (Å²) in [6.45, 7) is 74.6. The van der Waals surface area contributed by atoms with Crippen LogP contribution in [-0.2, 0) is 5.41 Å². The Morgan fingerprint density at radius 3 is 1.27 bits per heavy atom. The molecule has 0 aliphatic heterocycles. The van der Waals surface area contributed by atoms with Crippen molar-refractivity contribution >= 4 is 11.1 Å². The molecule has 4 unspecified atom stereocenters. The molecular formula is C64H90. The van der Waals surface area contributed by atoms with E-state index in [4.69, 9.17) is 13.2 Å². The Hall–Kier alpha value is -3.38. The first kappa shape index (κ1) is 48.6. The van der Waals surface area contributed by atoms with Crippen molar-refractivity contribution in [3.05, 3.63) is 136 Å². The number of rotatable bonds is 8. The summed E-state index contributed by atoms with van der Waals surface area (Å²) in [6, 6.07) is 0. The molecule has 0 saturated carbocycles. The second-order valence-electron chi connectivity index (χ2n) is 25.9. The summed E-state index contributed by atoms with van der Waals surface area (Å²) >= 11 is 0. The number of fused-ring (bicyclic) bond motifs is 3. The lowest BCUT2D eigenvalue weighted by Crippen LogP contribution is -2.60. The average Bonchev–Trinajstić information content (AvgIpc) is 3.93. The van der Waals surface area contributed by atoms with Crippen LogP contribution in [0.4, 0.5) is 0 Å². The van der Waals surface area contributed by atoms with Crippen molar-refractivity contribution in [3.63, 3.8) is 0 Å². The summed E-state index contributed by atoms with van der Waals surface area (Å²) in [7, 11) is 0. The van der Waals surface area contributed by atoms with Crippen LogP contribution in [0.25, 0.3) is 11.1 Å². The zero-order valence-electron chi connectivity index (χ0n) is 46.1. The molecule has 0 saturated heterocycles. The van der Waals surface area contributed by atoms with Crippen molar-refractivity contribution in [1.82, 2.24) is 0 Å². The third-order valence-electron chi connectivity index (χ3n) is 22.5. The monoisotopic (exact) mass is 859 g/mol. The molecule has 1 aromatic carbocycles. The Kier molecular flexibility index (Phi) is 11.0. The van der Waals surface area contributed by atoms with Gasteiger partial charge in [-0.15, -0.1) is 0 Å². The quantitative estimate of drug-likeness (QED) is 0.244. The van der Waals surface area contributed by atoms with Gasteiger partial charge in [0.05, 0.1) is 0 Å². The van der Waals surface area contributed by atoms with Crippen molar-refractivity contribution in [2.45, 2.75) is 210 Å². The number of hydrogen-bond acceptors (Lipinski definition) is 0. The highest BCUT2D eigenvalue weighted by atomic mass is 14.7. The lowest BCUT2D eigenvalue weighted by molar-refractivity contribution is -0.155. The lowest BCUT2D eigenvalue weighted by atomic mass is 9.38. The van der Waals surface area contributed by atoms with Gasteiger partial charge >= 0.3 is 0 Å². The van der Waals surface area contributed by atoms with Crippen LogP contribution in [0.2, 0.25) is 0 Å². The second-order valence-corrected chi connectivity index (χ2v) is 25.9. The Morgan fingerprint density at radius 2 is 0.828 bits per heavy atom. The Balaban J connectivity index is 1.42. The minimum Gasteiger partial charge on any atom is -0.0946 e. The first-order chi connectivity index (χ1) is 29.0. The molecule has 0 nitrogen and oxygen atoms in total. The van der Waals surface area contributed by atoms with Gasteiger partial charge in [0, 0.05) is 23.7 Å². The van der Waals surface area contributed by atoms with Gasteiger partial charge in [0.1, 0.15) is 0 Å². The molecule has 0 amide bonds. The molecule has 7 rings (SSSR count). The van der Waals surface area contributed by atoms with Crippen LogP contribution >= 0.6 is 0 Å². The van der Waals surface area contributed by atoms with Gasteiger partial charge in [-0.1, -0.05) is 142 Å². The van der Waals surface area contributed by atoms with E-state index >= 15 is 0 Å². The fourth-order valence-electron chi connectivity index (χ4n) is 14.7. The van der Waals surface area contributed by atoms with E-state index in [-0.39, 0.29) is 38.4 Å². The topological polar surface area (TPSA) is 0 Å². The first-order valence-corrected chi connectivity index (χ1v) is 25.2. The van der Waals surface area contributed by atoms with E-state index in [0.29, 0.717) is 17.8 Å². The summed E-state index contributed by atoms with van der Waals surface area (Å²) in [5, 5.41) is 0. The molecule has 0 heteroatoms. The smallest absolute Gasteiger partial charge is 0.00757 e. The molecule has 0 fully saturated rings. The molecule has 6 aliphatic rings. The van der Waals surface area contributed by atoms with Crippen molar-refractivity contribution in [3.8, 4) is 0 Å². The predicted octanol–water partition coefficient (Wildman–Crippen LogP) is 19.3. The van der Waals surface area contributed by atoms with Crippen molar-refractivity contribution < 1.29 is 0 Å². The molecule has 346 valence electrons. The molecule has 4 atom stereocenters. The normalized spacial score (nSPS) is 25.1. The fraction of sp³-hybridized carbons (Fsp3) is 0.594. The molecule has 6 aliphatic carbocycles. The molecule has 0 bridgehead atoms. The SMILES string of the molecule is C=C1C2=C(C3=C(C)C(C)=C(C4=C(C)c5c(c(C)c6c(c5C(C)(C)C(C)(C)C(C)(C)C(C)(C)C(C)(C)C(C)(C)C)C(C)C(C)=C6C)C4C)C3)C(C)C(=C)C2=C(C2=C(C)C(C)=C(C)C2)C1C. The van der Waals surface area contributed by atoms with E-state index in [9.17, 15) is 0 Å². The third kappa shape index (κ3) is 5.77. The largest absolute Gasteiger partial charge is 0.0946 e. The molecule has 0 spiro atoms. The number of hydrogen-bond donors (Lipinski definition) is 0.